The fraction of sp³-hybridized carbons (Fsp3) is 0.292. The number of allylic oxidation sites excluding steroid dienone is 1. The number of rotatable bonds is 7. The number of thioether (sulfide) groups is 1. The van der Waals surface area contributed by atoms with Gasteiger partial charge in [-0.1, -0.05) is 49.0 Å². The largest absolute Gasteiger partial charge is 0.491 e. The van der Waals surface area contributed by atoms with Gasteiger partial charge in [-0.25, -0.2) is 4.68 Å². The van der Waals surface area contributed by atoms with Gasteiger partial charge in [-0.3, -0.25) is 4.79 Å². The van der Waals surface area contributed by atoms with E-state index in [1.165, 1.54) is 0 Å². The van der Waals surface area contributed by atoms with E-state index >= 15 is 0 Å². The number of amides is 1. The molecule has 1 aliphatic rings. The zero-order chi connectivity index (χ0) is 22.7. The van der Waals surface area contributed by atoms with Crippen LogP contribution in [0.15, 0.2) is 71.0 Å². The van der Waals surface area contributed by atoms with Crippen LogP contribution in [0.2, 0.25) is 0 Å². The molecule has 0 bridgehead atoms. The summed E-state index contributed by atoms with van der Waals surface area (Å²) in [5, 5.41) is 11.7. The number of benzene rings is 2. The standard InChI is InChI=1S/C24H27N5O2S/c1-5-32-24-27-23-25-16(4)20(22(30)26-18-11-7-6-8-12-18)21(29(23)28-24)17-10-9-13-19(14-17)31-15(2)3/h6-15,21H,5H2,1-4H3,(H,26,30)(H,25,27,28). The molecule has 1 unspecified atom stereocenters. The predicted octanol–water partition coefficient (Wildman–Crippen LogP) is 5.10. The molecule has 0 aliphatic carbocycles. The van der Waals surface area contributed by atoms with Crippen LogP contribution in [-0.4, -0.2) is 32.5 Å². The number of para-hydroxylation sites is 1. The molecule has 0 radical (unpaired) electrons. The van der Waals surface area contributed by atoms with Crippen LogP contribution < -0.4 is 15.4 Å². The second kappa shape index (κ2) is 9.48. The lowest BCUT2D eigenvalue weighted by molar-refractivity contribution is -0.113. The maximum atomic E-state index is 13.5. The molecule has 0 fully saturated rings. The predicted molar refractivity (Wildman–Crippen MR) is 128 cm³/mol. The van der Waals surface area contributed by atoms with Crippen LogP contribution in [0.1, 0.15) is 39.3 Å². The van der Waals surface area contributed by atoms with Crippen molar-refractivity contribution in [3.05, 3.63) is 71.4 Å². The highest BCUT2D eigenvalue weighted by atomic mass is 32.2. The molecule has 0 saturated carbocycles. The van der Waals surface area contributed by atoms with Crippen molar-refractivity contribution < 1.29 is 9.53 Å². The number of hydrogen-bond donors (Lipinski definition) is 2. The van der Waals surface area contributed by atoms with E-state index in [1.54, 1.807) is 16.4 Å². The van der Waals surface area contributed by atoms with Gasteiger partial charge in [-0.15, -0.1) is 5.10 Å². The smallest absolute Gasteiger partial charge is 0.255 e. The second-order valence-corrected chi connectivity index (χ2v) is 8.95. The molecular weight excluding hydrogens is 422 g/mol. The summed E-state index contributed by atoms with van der Waals surface area (Å²) in [5.41, 5.74) is 2.97. The third-order valence-electron chi connectivity index (χ3n) is 4.93. The van der Waals surface area contributed by atoms with Crippen molar-refractivity contribution in [3.8, 4) is 5.75 Å². The van der Waals surface area contributed by atoms with Crippen LogP contribution in [0.25, 0.3) is 0 Å². The summed E-state index contributed by atoms with van der Waals surface area (Å²) in [5.74, 6) is 2.04. The molecule has 1 atom stereocenters. The van der Waals surface area contributed by atoms with Gasteiger partial charge >= 0.3 is 0 Å². The fourth-order valence-electron chi connectivity index (χ4n) is 3.67. The van der Waals surface area contributed by atoms with Gasteiger partial charge in [-0.05, 0) is 56.4 Å². The number of hydrogen-bond acceptors (Lipinski definition) is 6. The number of nitrogens with one attached hydrogen (secondary N) is 2. The minimum Gasteiger partial charge on any atom is -0.491 e. The van der Waals surface area contributed by atoms with Crippen LogP contribution in [-0.2, 0) is 4.79 Å². The lowest BCUT2D eigenvalue weighted by Crippen LogP contribution is -2.31. The first-order chi connectivity index (χ1) is 15.5. The Labute approximate surface area is 192 Å². The Morgan fingerprint density at radius 1 is 1.22 bits per heavy atom. The molecule has 2 N–H and O–H groups in total. The zero-order valence-electron chi connectivity index (χ0n) is 18.6. The summed E-state index contributed by atoms with van der Waals surface area (Å²) < 4.78 is 7.71. The monoisotopic (exact) mass is 449 g/mol. The zero-order valence-corrected chi connectivity index (χ0v) is 19.4. The number of carbonyl (C=O) groups excluding carboxylic acids is 1. The maximum Gasteiger partial charge on any atom is 0.255 e. The molecule has 0 saturated heterocycles. The number of carbonyl (C=O) groups is 1. The van der Waals surface area contributed by atoms with Crippen LogP contribution in [0, 0.1) is 0 Å². The van der Waals surface area contributed by atoms with Crippen LogP contribution >= 0.6 is 11.8 Å². The molecule has 4 rings (SSSR count). The molecule has 8 heteroatoms. The number of anilines is 2. The molecule has 166 valence electrons. The van der Waals surface area contributed by atoms with Crippen LogP contribution in [0.3, 0.4) is 0 Å². The second-order valence-electron chi connectivity index (χ2n) is 7.72. The molecule has 3 aromatic rings. The van der Waals surface area contributed by atoms with E-state index in [4.69, 9.17) is 9.84 Å². The summed E-state index contributed by atoms with van der Waals surface area (Å²) in [6.45, 7) is 7.93. The van der Waals surface area contributed by atoms with Gasteiger partial charge in [0, 0.05) is 11.4 Å². The Bertz CT molecular complexity index is 1140. The number of aromatic nitrogens is 3. The first-order valence-corrected chi connectivity index (χ1v) is 11.6. The van der Waals surface area contributed by atoms with Crippen LogP contribution in [0.5, 0.6) is 5.75 Å². The molecule has 1 aliphatic heterocycles. The SMILES string of the molecule is CCSc1nc2n(n1)C(c1cccc(OC(C)C)c1)C(C(=O)Nc1ccccc1)=C(C)N2. The van der Waals surface area contributed by atoms with E-state index in [2.05, 4.69) is 22.5 Å². The fourth-order valence-corrected chi connectivity index (χ4v) is 4.23. The Morgan fingerprint density at radius 3 is 2.72 bits per heavy atom. The van der Waals surface area contributed by atoms with Crippen molar-refractivity contribution >= 4 is 29.3 Å². The minimum absolute atomic E-state index is 0.0471. The van der Waals surface area contributed by atoms with Gasteiger partial charge in [-0.2, -0.15) is 4.98 Å². The molecule has 0 spiro atoms. The summed E-state index contributed by atoms with van der Waals surface area (Å²) in [6.07, 6.45) is 0.0471. The van der Waals surface area contributed by atoms with Gasteiger partial charge in [0.2, 0.25) is 11.1 Å². The molecule has 32 heavy (non-hydrogen) atoms. The lowest BCUT2D eigenvalue weighted by Gasteiger charge is -2.29. The first-order valence-electron chi connectivity index (χ1n) is 10.7. The topological polar surface area (TPSA) is 81.1 Å². The van der Waals surface area contributed by atoms with Gasteiger partial charge in [0.25, 0.3) is 5.91 Å². The molecule has 1 amide bonds. The van der Waals surface area contributed by atoms with Crippen molar-refractivity contribution in [2.75, 3.05) is 16.4 Å². The van der Waals surface area contributed by atoms with Gasteiger partial charge in [0.05, 0.1) is 11.7 Å². The lowest BCUT2D eigenvalue weighted by atomic mass is 9.95. The summed E-state index contributed by atoms with van der Waals surface area (Å²) >= 11 is 1.56. The summed E-state index contributed by atoms with van der Waals surface area (Å²) in [6, 6.07) is 16.8. The van der Waals surface area contributed by atoms with Gasteiger partial charge in [0.15, 0.2) is 0 Å². The molecular formula is C24H27N5O2S. The molecule has 7 nitrogen and oxygen atoms in total. The Morgan fingerprint density at radius 2 is 2.00 bits per heavy atom. The van der Waals surface area contributed by atoms with E-state index in [0.717, 1.165) is 28.5 Å². The summed E-state index contributed by atoms with van der Waals surface area (Å²) in [7, 11) is 0. The normalized spacial score (nSPS) is 15.3. The van der Waals surface area contributed by atoms with Crippen LogP contribution in [0.4, 0.5) is 11.6 Å². The maximum absolute atomic E-state index is 13.5. The molecule has 1 aromatic heterocycles. The molecule has 2 aromatic carbocycles. The van der Waals surface area contributed by atoms with E-state index in [9.17, 15) is 4.79 Å². The third kappa shape index (κ3) is 4.65. The average molecular weight is 450 g/mol. The van der Waals surface area contributed by atoms with Crippen molar-refractivity contribution in [1.82, 2.24) is 14.8 Å². The van der Waals surface area contributed by atoms with Crippen molar-refractivity contribution in [3.63, 3.8) is 0 Å². The number of fused-ring (bicyclic) bond motifs is 1. The van der Waals surface area contributed by atoms with E-state index < -0.39 is 6.04 Å². The van der Waals surface area contributed by atoms with Crippen molar-refractivity contribution in [2.45, 2.75) is 45.0 Å². The highest BCUT2D eigenvalue weighted by molar-refractivity contribution is 7.99. The van der Waals surface area contributed by atoms with Crippen molar-refractivity contribution in [1.29, 1.82) is 0 Å². The van der Waals surface area contributed by atoms with Gasteiger partial charge in [0.1, 0.15) is 11.8 Å². The van der Waals surface area contributed by atoms with Crippen molar-refractivity contribution in [2.24, 2.45) is 0 Å². The minimum atomic E-state index is -0.440. The first kappa shape index (κ1) is 22.0. The highest BCUT2D eigenvalue weighted by Crippen LogP contribution is 2.37. The third-order valence-corrected chi connectivity index (χ3v) is 5.65. The summed E-state index contributed by atoms with van der Waals surface area (Å²) in [4.78, 5) is 18.1. The highest BCUT2D eigenvalue weighted by Gasteiger charge is 2.34. The quantitative estimate of drug-likeness (QED) is 0.488. The number of nitrogens with zero attached hydrogens (tertiary/aromatic N) is 3. The van der Waals surface area contributed by atoms with E-state index in [0.29, 0.717) is 16.7 Å². The van der Waals surface area contributed by atoms with E-state index in [-0.39, 0.29) is 12.0 Å². The average Bonchev–Trinajstić information content (AvgIpc) is 3.15. The molecule has 2 heterocycles. The Balaban J connectivity index is 1.78. The number of ether oxygens (including phenoxy) is 1. The van der Waals surface area contributed by atoms with Gasteiger partial charge < -0.3 is 15.4 Å². The Kier molecular flexibility index (Phi) is 6.50. The Hall–Kier alpha value is -3.26. The van der Waals surface area contributed by atoms with E-state index in [1.807, 2.05) is 75.4 Å².